The first kappa shape index (κ1) is 17.2. The number of nitrogens with one attached hydrogen (secondary N) is 1. The zero-order chi connectivity index (χ0) is 16.1. The molecule has 1 saturated carbocycles. The SMILES string of the molecule is CCN(C)[C@H]1CC[C@@H](Nc2cc(C(C)C(C)C)ncn2)CC1. The second-order valence-electron chi connectivity index (χ2n) is 7.08. The lowest BCUT2D eigenvalue weighted by Crippen LogP contribution is -2.38. The minimum Gasteiger partial charge on any atom is -0.367 e. The Labute approximate surface area is 135 Å². The van der Waals surface area contributed by atoms with E-state index in [2.05, 4.69) is 61.0 Å². The van der Waals surface area contributed by atoms with E-state index >= 15 is 0 Å². The van der Waals surface area contributed by atoms with Crippen LogP contribution in [0.4, 0.5) is 5.82 Å². The van der Waals surface area contributed by atoms with Crippen LogP contribution in [0.2, 0.25) is 0 Å². The Bertz CT molecular complexity index is 452. The summed E-state index contributed by atoms with van der Waals surface area (Å²) in [5, 5.41) is 3.62. The minimum absolute atomic E-state index is 0.470. The quantitative estimate of drug-likeness (QED) is 0.865. The lowest BCUT2D eigenvalue weighted by molar-refractivity contribution is 0.194. The van der Waals surface area contributed by atoms with Gasteiger partial charge in [0.2, 0.25) is 0 Å². The van der Waals surface area contributed by atoms with Gasteiger partial charge in [-0.1, -0.05) is 27.7 Å². The van der Waals surface area contributed by atoms with Crippen LogP contribution < -0.4 is 5.32 Å². The molecule has 1 aromatic heterocycles. The van der Waals surface area contributed by atoms with Crippen molar-refractivity contribution in [1.29, 1.82) is 0 Å². The molecule has 1 aliphatic rings. The molecule has 4 heteroatoms. The third-order valence-electron chi connectivity index (χ3n) is 5.33. The van der Waals surface area contributed by atoms with Crippen molar-refractivity contribution in [2.75, 3.05) is 18.9 Å². The normalized spacial score (nSPS) is 23.8. The van der Waals surface area contributed by atoms with Gasteiger partial charge < -0.3 is 10.2 Å². The monoisotopic (exact) mass is 304 g/mol. The van der Waals surface area contributed by atoms with Crippen molar-refractivity contribution >= 4 is 5.82 Å². The highest BCUT2D eigenvalue weighted by Crippen LogP contribution is 2.26. The molecule has 0 saturated heterocycles. The number of hydrogen-bond donors (Lipinski definition) is 1. The molecule has 2 rings (SSSR count). The van der Waals surface area contributed by atoms with Crippen LogP contribution in [0.5, 0.6) is 0 Å². The predicted octanol–water partition coefficient (Wildman–Crippen LogP) is 3.91. The molecular weight excluding hydrogens is 272 g/mol. The average molecular weight is 304 g/mol. The first-order valence-electron chi connectivity index (χ1n) is 8.80. The first-order chi connectivity index (χ1) is 10.5. The van der Waals surface area contributed by atoms with Crippen LogP contribution in [-0.2, 0) is 0 Å². The molecule has 22 heavy (non-hydrogen) atoms. The van der Waals surface area contributed by atoms with Gasteiger partial charge in [-0.15, -0.1) is 0 Å². The van der Waals surface area contributed by atoms with Crippen molar-refractivity contribution in [1.82, 2.24) is 14.9 Å². The number of rotatable bonds is 6. The lowest BCUT2D eigenvalue weighted by atomic mass is 9.90. The second-order valence-corrected chi connectivity index (χ2v) is 7.08. The molecule has 0 radical (unpaired) electrons. The highest BCUT2D eigenvalue weighted by Gasteiger charge is 2.23. The van der Waals surface area contributed by atoms with Gasteiger partial charge in [-0.3, -0.25) is 0 Å². The summed E-state index contributed by atoms with van der Waals surface area (Å²) in [5.74, 6) is 2.06. The van der Waals surface area contributed by atoms with E-state index in [0.717, 1.165) is 24.1 Å². The van der Waals surface area contributed by atoms with E-state index in [0.29, 0.717) is 17.9 Å². The molecule has 1 atom stereocenters. The zero-order valence-corrected chi connectivity index (χ0v) is 14.8. The van der Waals surface area contributed by atoms with Crippen molar-refractivity contribution in [3.8, 4) is 0 Å². The Balaban J connectivity index is 1.91. The Hall–Kier alpha value is -1.16. The van der Waals surface area contributed by atoms with Crippen LogP contribution in [0.25, 0.3) is 0 Å². The molecule has 0 aromatic carbocycles. The van der Waals surface area contributed by atoms with E-state index < -0.39 is 0 Å². The van der Waals surface area contributed by atoms with Gasteiger partial charge in [0.1, 0.15) is 12.1 Å². The smallest absolute Gasteiger partial charge is 0.129 e. The van der Waals surface area contributed by atoms with Gasteiger partial charge in [0.25, 0.3) is 0 Å². The number of hydrogen-bond acceptors (Lipinski definition) is 4. The maximum atomic E-state index is 4.44. The summed E-state index contributed by atoms with van der Waals surface area (Å²) in [5.41, 5.74) is 1.15. The van der Waals surface area contributed by atoms with E-state index in [-0.39, 0.29) is 0 Å². The van der Waals surface area contributed by atoms with Crippen molar-refractivity contribution < 1.29 is 0 Å². The van der Waals surface area contributed by atoms with Crippen molar-refractivity contribution in [3.05, 3.63) is 18.1 Å². The van der Waals surface area contributed by atoms with Gasteiger partial charge in [-0.25, -0.2) is 9.97 Å². The standard InChI is InChI=1S/C18H32N4/c1-6-22(5)16-9-7-15(8-10-16)21-18-11-17(19-12-20-18)14(4)13(2)3/h11-16H,6-10H2,1-5H3,(H,19,20,21)/t14?,15-,16+. The van der Waals surface area contributed by atoms with Crippen LogP contribution in [0, 0.1) is 5.92 Å². The minimum atomic E-state index is 0.470. The molecular formula is C18H32N4. The number of nitrogens with zero attached hydrogens (tertiary/aromatic N) is 3. The summed E-state index contributed by atoms with van der Waals surface area (Å²) in [6, 6.07) is 3.44. The third kappa shape index (κ3) is 4.42. The van der Waals surface area contributed by atoms with Crippen LogP contribution in [0.15, 0.2) is 12.4 Å². The summed E-state index contributed by atoms with van der Waals surface area (Å²) in [6.07, 6.45) is 6.72. The number of aromatic nitrogens is 2. The summed E-state index contributed by atoms with van der Waals surface area (Å²) in [7, 11) is 2.24. The van der Waals surface area contributed by atoms with E-state index in [4.69, 9.17) is 0 Å². The Kier molecular flexibility index (Phi) is 6.18. The zero-order valence-electron chi connectivity index (χ0n) is 14.8. The fourth-order valence-corrected chi connectivity index (χ4v) is 3.17. The van der Waals surface area contributed by atoms with Gasteiger partial charge in [-0.05, 0) is 45.2 Å². The van der Waals surface area contributed by atoms with Crippen molar-refractivity contribution in [3.63, 3.8) is 0 Å². The van der Waals surface area contributed by atoms with E-state index in [1.54, 1.807) is 6.33 Å². The molecule has 0 spiro atoms. The van der Waals surface area contributed by atoms with Crippen LogP contribution in [-0.4, -0.2) is 40.5 Å². The predicted molar refractivity (Wildman–Crippen MR) is 93.3 cm³/mol. The molecule has 1 fully saturated rings. The molecule has 0 aliphatic heterocycles. The van der Waals surface area contributed by atoms with Crippen molar-refractivity contribution in [2.45, 2.75) is 71.4 Å². The van der Waals surface area contributed by atoms with Crippen LogP contribution >= 0.6 is 0 Å². The number of anilines is 1. The summed E-state index contributed by atoms with van der Waals surface area (Å²) < 4.78 is 0. The molecule has 0 bridgehead atoms. The molecule has 1 aliphatic carbocycles. The summed E-state index contributed by atoms with van der Waals surface area (Å²) in [4.78, 5) is 11.3. The third-order valence-corrected chi connectivity index (χ3v) is 5.33. The highest BCUT2D eigenvalue weighted by atomic mass is 15.1. The van der Waals surface area contributed by atoms with E-state index in [1.165, 1.54) is 25.7 Å². The molecule has 124 valence electrons. The molecule has 1 heterocycles. The van der Waals surface area contributed by atoms with Crippen molar-refractivity contribution in [2.24, 2.45) is 5.92 Å². The van der Waals surface area contributed by atoms with Crippen LogP contribution in [0.1, 0.15) is 65.0 Å². The Morgan fingerprint density at radius 2 is 1.86 bits per heavy atom. The van der Waals surface area contributed by atoms with Gasteiger partial charge in [0.15, 0.2) is 0 Å². The van der Waals surface area contributed by atoms with E-state index in [9.17, 15) is 0 Å². The molecule has 1 N–H and O–H groups in total. The van der Waals surface area contributed by atoms with Gasteiger partial charge in [-0.2, -0.15) is 0 Å². The van der Waals surface area contributed by atoms with Crippen LogP contribution in [0.3, 0.4) is 0 Å². The molecule has 4 nitrogen and oxygen atoms in total. The fraction of sp³-hybridized carbons (Fsp3) is 0.778. The molecule has 1 unspecified atom stereocenters. The van der Waals surface area contributed by atoms with Gasteiger partial charge >= 0.3 is 0 Å². The fourth-order valence-electron chi connectivity index (χ4n) is 3.17. The lowest BCUT2D eigenvalue weighted by Gasteiger charge is -2.34. The second kappa shape index (κ2) is 7.91. The topological polar surface area (TPSA) is 41.0 Å². The maximum absolute atomic E-state index is 4.44. The maximum Gasteiger partial charge on any atom is 0.129 e. The summed E-state index contributed by atoms with van der Waals surface area (Å²) >= 11 is 0. The average Bonchev–Trinajstić information content (AvgIpc) is 2.54. The largest absolute Gasteiger partial charge is 0.367 e. The first-order valence-corrected chi connectivity index (χ1v) is 8.80. The highest BCUT2D eigenvalue weighted by molar-refractivity contribution is 5.37. The Morgan fingerprint density at radius 3 is 2.45 bits per heavy atom. The van der Waals surface area contributed by atoms with Gasteiger partial charge in [0.05, 0.1) is 0 Å². The van der Waals surface area contributed by atoms with E-state index in [1.807, 2.05) is 0 Å². The Morgan fingerprint density at radius 1 is 1.18 bits per heavy atom. The van der Waals surface area contributed by atoms with Gasteiger partial charge in [0, 0.05) is 29.8 Å². The molecule has 1 aromatic rings. The molecule has 0 amide bonds. The summed E-state index contributed by atoms with van der Waals surface area (Å²) in [6.45, 7) is 10.1.